The molecule has 1 N–H and O–H groups in total. The number of nitrogens with zero attached hydrogens (tertiary/aromatic N) is 3. The Balaban J connectivity index is 1.48. The van der Waals surface area contributed by atoms with Crippen LogP contribution in [0, 0.1) is 0 Å². The van der Waals surface area contributed by atoms with Gasteiger partial charge in [0.25, 0.3) is 11.8 Å². The van der Waals surface area contributed by atoms with Crippen molar-refractivity contribution >= 4 is 33.2 Å². The zero-order valence-corrected chi connectivity index (χ0v) is 20.1. The Labute approximate surface area is 193 Å². The van der Waals surface area contributed by atoms with E-state index in [1.807, 2.05) is 11.4 Å². The normalized spacial score (nSPS) is 15.2. The summed E-state index contributed by atoms with van der Waals surface area (Å²) in [7, 11) is -3.53. The number of amides is 2. The Morgan fingerprint density at radius 1 is 1.03 bits per heavy atom. The zero-order valence-electron chi connectivity index (χ0n) is 18.5. The summed E-state index contributed by atoms with van der Waals surface area (Å²) in [6, 6.07) is 9.85. The van der Waals surface area contributed by atoms with Crippen molar-refractivity contribution in [2.45, 2.75) is 18.7 Å². The van der Waals surface area contributed by atoms with Gasteiger partial charge in [0.2, 0.25) is 10.0 Å². The molecule has 0 spiro atoms. The first-order chi connectivity index (χ1) is 15.4. The SMILES string of the molecule is CCN(CC)S(=O)(=O)c1ccc(C(=O)N2CCN(CCNC(=O)c3cccs3)CC2)cc1. The molecule has 1 aliphatic rings. The van der Waals surface area contributed by atoms with Gasteiger partial charge < -0.3 is 10.2 Å². The van der Waals surface area contributed by atoms with E-state index in [0.29, 0.717) is 43.2 Å². The second kappa shape index (κ2) is 11.0. The average molecular weight is 479 g/mol. The van der Waals surface area contributed by atoms with Crippen molar-refractivity contribution in [3.63, 3.8) is 0 Å². The van der Waals surface area contributed by atoms with E-state index in [2.05, 4.69) is 10.2 Å². The maximum Gasteiger partial charge on any atom is 0.261 e. The number of piperazine rings is 1. The molecule has 32 heavy (non-hydrogen) atoms. The van der Waals surface area contributed by atoms with E-state index >= 15 is 0 Å². The minimum atomic E-state index is -3.53. The minimum absolute atomic E-state index is 0.0553. The van der Waals surface area contributed by atoms with Crippen LogP contribution < -0.4 is 5.32 Å². The molecule has 1 aromatic heterocycles. The highest BCUT2D eigenvalue weighted by atomic mass is 32.2. The van der Waals surface area contributed by atoms with Crippen LogP contribution in [0.3, 0.4) is 0 Å². The van der Waals surface area contributed by atoms with E-state index in [4.69, 9.17) is 0 Å². The average Bonchev–Trinajstić information content (AvgIpc) is 3.35. The lowest BCUT2D eigenvalue weighted by molar-refractivity contribution is 0.0638. The van der Waals surface area contributed by atoms with Crippen molar-refractivity contribution in [3.05, 3.63) is 52.2 Å². The molecule has 10 heteroatoms. The third kappa shape index (κ3) is 5.74. The monoisotopic (exact) mass is 478 g/mol. The topological polar surface area (TPSA) is 90.0 Å². The van der Waals surface area contributed by atoms with E-state index in [-0.39, 0.29) is 16.7 Å². The van der Waals surface area contributed by atoms with Crippen LogP contribution in [0.1, 0.15) is 33.9 Å². The summed E-state index contributed by atoms with van der Waals surface area (Å²) in [5.41, 5.74) is 0.486. The summed E-state index contributed by atoms with van der Waals surface area (Å²) in [4.78, 5) is 29.7. The van der Waals surface area contributed by atoms with Gasteiger partial charge in [-0.2, -0.15) is 4.31 Å². The highest BCUT2D eigenvalue weighted by molar-refractivity contribution is 7.89. The molecule has 0 saturated carbocycles. The van der Waals surface area contributed by atoms with Crippen LogP contribution >= 0.6 is 11.3 Å². The molecule has 8 nitrogen and oxygen atoms in total. The maximum atomic E-state index is 12.8. The third-order valence-corrected chi connectivity index (χ3v) is 8.50. The predicted octanol–water partition coefficient (Wildman–Crippen LogP) is 1.97. The lowest BCUT2D eigenvalue weighted by atomic mass is 10.2. The molecule has 0 unspecified atom stereocenters. The first-order valence-electron chi connectivity index (χ1n) is 10.8. The summed E-state index contributed by atoms with van der Waals surface area (Å²) in [6.45, 7) is 8.36. The Morgan fingerprint density at radius 3 is 2.25 bits per heavy atom. The van der Waals surface area contributed by atoms with Crippen molar-refractivity contribution in [1.29, 1.82) is 0 Å². The van der Waals surface area contributed by atoms with Gasteiger partial charge in [-0.25, -0.2) is 8.42 Å². The Bertz CT molecular complexity index is 995. The number of nitrogens with one attached hydrogen (secondary N) is 1. The van der Waals surface area contributed by atoms with Gasteiger partial charge in [-0.15, -0.1) is 11.3 Å². The van der Waals surface area contributed by atoms with Gasteiger partial charge in [-0.05, 0) is 35.7 Å². The summed E-state index contributed by atoms with van der Waals surface area (Å²) < 4.78 is 26.6. The van der Waals surface area contributed by atoms with Crippen molar-refractivity contribution in [2.24, 2.45) is 0 Å². The Hall–Kier alpha value is -2.27. The van der Waals surface area contributed by atoms with Gasteiger partial charge in [0, 0.05) is 57.9 Å². The predicted molar refractivity (Wildman–Crippen MR) is 126 cm³/mol. The number of carbonyl (C=O) groups excluding carboxylic acids is 2. The van der Waals surface area contributed by atoms with Crippen LogP contribution in [0.2, 0.25) is 0 Å². The highest BCUT2D eigenvalue weighted by Gasteiger charge is 2.24. The quantitative estimate of drug-likeness (QED) is 0.595. The summed E-state index contributed by atoms with van der Waals surface area (Å²) in [5, 5.41) is 4.80. The zero-order chi connectivity index (χ0) is 23.1. The molecular weight excluding hydrogens is 448 g/mol. The van der Waals surface area contributed by atoms with Gasteiger partial charge in [-0.3, -0.25) is 14.5 Å². The van der Waals surface area contributed by atoms with Crippen molar-refractivity contribution in [2.75, 3.05) is 52.4 Å². The van der Waals surface area contributed by atoms with E-state index in [1.54, 1.807) is 36.9 Å². The molecule has 2 amide bonds. The van der Waals surface area contributed by atoms with Crippen molar-refractivity contribution in [3.8, 4) is 0 Å². The lowest BCUT2D eigenvalue weighted by Gasteiger charge is -2.34. The van der Waals surface area contributed by atoms with Crippen molar-refractivity contribution in [1.82, 2.24) is 19.4 Å². The molecule has 1 fully saturated rings. The molecular formula is C22H30N4O4S2. The summed E-state index contributed by atoms with van der Waals surface area (Å²) >= 11 is 1.42. The number of rotatable bonds is 9. The van der Waals surface area contributed by atoms with E-state index in [1.165, 1.54) is 27.8 Å². The lowest BCUT2D eigenvalue weighted by Crippen LogP contribution is -2.50. The highest BCUT2D eigenvalue weighted by Crippen LogP contribution is 2.17. The van der Waals surface area contributed by atoms with Gasteiger partial charge in [0.1, 0.15) is 0 Å². The number of hydrogen-bond donors (Lipinski definition) is 1. The van der Waals surface area contributed by atoms with Gasteiger partial charge >= 0.3 is 0 Å². The standard InChI is InChI=1S/C22H30N4O4S2/c1-3-26(4-2)32(29,30)19-9-7-18(8-10-19)22(28)25-15-13-24(14-16-25)12-11-23-21(27)20-6-5-17-31-20/h5-10,17H,3-4,11-16H2,1-2H3,(H,23,27). The second-order valence-corrected chi connectivity index (χ2v) is 10.4. The molecule has 2 aromatic rings. The first kappa shape index (κ1) is 24.4. The van der Waals surface area contributed by atoms with Crippen LogP contribution in [0.25, 0.3) is 0 Å². The molecule has 0 bridgehead atoms. The maximum absolute atomic E-state index is 12.8. The van der Waals surface area contributed by atoms with Crippen LogP contribution in [-0.2, 0) is 10.0 Å². The number of sulfonamides is 1. The fraction of sp³-hybridized carbons (Fsp3) is 0.455. The largest absolute Gasteiger partial charge is 0.350 e. The number of benzene rings is 1. The first-order valence-corrected chi connectivity index (χ1v) is 13.1. The van der Waals surface area contributed by atoms with E-state index in [9.17, 15) is 18.0 Å². The minimum Gasteiger partial charge on any atom is -0.350 e. The Morgan fingerprint density at radius 2 is 1.69 bits per heavy atom. The van der Waals surface area contributed by atoms with Crippen molar-refractivity contribution < 1.29 is 18.0 Å². The van der Waals surface area contributed by atoms with Gasteiger partial charge in [0.15, 0.2) is 0 Å². The van der Waals surface area contributed by atoms with E-state index < -0.39 is 10.0 Å². The van der Waals surface area contributed by atoms with Gasteiger partial charge in [0.05, 0.1) is 9.77 Å². The number of carbonyl (C=O) groups is 2. The van der Waals surface area contributed by atoms with E-state index in [0.717, 1.165) is 19.6 Å². The molecule has 3 rings (SSSR count). The molecule has 174 valence electrons. The fourth-order valence-electron chi connectivity index (χ4n) is 3.66. The Kier molecular flexibility index (Phi) is 8.41. The molecule has 0 aliphatic carbocycles. The second-order valence-electron chi connectivity index (χ2n) is 7.48. The number of thiophene rings is 1. The molecule has 2 heterocycles. The molecule has 0 atom stereocenters. The smallest absolute Gasteiger partial charge is 0.261 e. The third-order valence-electron chi connectivity index (χ3n) is 5.56. The van der Waals surface area contributed by atoms with Crippen LogP contribution in [-0.4, -0.2) is 86.7 Å². The van der Waals surface area contributed by atoms with Crippen LogP contribution in [0.15, 0.2) is 46.7 Å². The fourth-order valence-corrected chi connectivity index (χ4v) is 5.76. The molecule has 0 radical (unpaired) electrons. The van der Waals surface area contributed by atoms with Crippen LogP contribution in [0.4, 0.5) is 0 Å². The van der Waals surface area contributed by atoms with Crippen LogP contribution in [0.5, 0.6) is 0 Å². The molecule has 1 saturated heterocycles. The summed E-state index contributed by atoms with van der Waals surface area (Å²) in [6.07, 6.45) is 0. The number of hydrogen-bond acceptors (Lipinski definition) is 6. The molecule has 1 aliphatic heterocycles. The van der Waals surface area contributed by atoms with Gasteiger partial charge in [-0.1, -0.05) is 19.9 Å². The summed E-state index contributed by atoms with van der Waals surface area (Å²) in [5.74, 6) is -0.150. The molecule has 1 aromatic carbocycles.